The summed E-state index contributed by atoms with van der Waals surface area (Å²) in [4.78, 5) is 10.2. The largest absolute Gasteiger partial charge is 0.273 e. The van der Waals surface area contributed by atoms with Crippen LogP contribution in [0.2, 0.25) is 0 Å². The van der Waals surface area contributed by atoms with E-state index in [-0.39, 0.29) is 17.8 Å². The molecule has 0 aliphatic rings. The van der Waals surface area contributed by atoms with Gasteiger partial charge in [0.05, 0.1) is 10.7 Å². The number of hydrogen-bond acceptors (Lipinski definition) is 4. The Bertz CT molecular complexity index is 614. The smallest absolute Gasteiger partial charge is 0.258 e. The van der Waals surface area contributed by atoms with Crippen LogP contribution >= 0.6 is 0 Å². The maximum atomic E-state index is 11.8. The van der Waals surface area contributed by atoms with Crippen molar-refractivity contribution in [3.05, 3.63) is 39.9 Å². The summed E-state index contributed by atoms with van der Waals surface area (Å²) < 4.78 is 25.9. The molecule has 0 saturated heterocycles. The van der Waals surface area contributed by atoms with Crippen LogP contribution in [-0.2, 0) is 15.8 Å². The average molecular weight is 282 g/mol. The molecule has 0 bridgehead atoms. The topological polar surface area (TPSA) is 89.3 Å². The van der Waals surface area contributed by atoms with E-state index in [1.165, 1.54) is 18.2 Å². The van der Waals surface area contributed by atoms with Gasteiger partial charge >= 0.3 is 0 Å². The number of nitro groups is 1. The molecule has 0 amide bonds. The average Bonchev–Trinajstić information content (AvgIpc) is 2.34. The van der Waals surface area contributed by atoms with E-state index in [1.807, 2.05) is 0 Å². The van der Waals surface area contributed by atoms with E-state index in [0.29, 0.717) is 6.42 Å². The first kappa shape index (κ1) is 15.1. The molecule has 7 heteroatoms. The van der Waals surface area contributed by atoms with Crippen molar-refractivity contribution in [1.82, 2.24) is 4.72 Å². The number of hydrogen-bond donors (Lipinski definition) is 1. The lowest BCUT2D eigenvalue weighted by atomic mass is 10.2. The lowest BCUT2D eigenvalue weighted by molar-refractivity contribution is -0.385. The molecule has 0 saturated carbocycles. The summed E-state index contributed by atoms with van der Waals surface area (Å²) in [6.45, 7) is 1.87. The van der Waals surface area contributed by atoms with Gasteiger partial charge in [0.15, 0.2) is 0 Å². The first-order valence-electron chi connectivity index (χ1n) is 5.55. The van der Waals surface area contributed by atoms with Crippen LogP contribution in [0.15, 0.2) is 24.3 Å². The summed E-state index contributed by atoms with van der Waals surface area (Å²) in [5.41, 5.74) is -0.0252. The highest BCUT2D eigenvalue weighted by Gasteiger charge is 2.18. The molecule has 0 aliphatic carbocycles. The standard InChI is InChI=1S/C12H14N2O4S/c1-2-3-6-9-13-19(17,18)10-11-7-4-5-8-12(11)14(15)16/h4-5,7-8,13H,6,9-10H2,1H3. The van der Waals surface area contributed by atoms with E-state index in [0.717, 1.165) is 0 Å². The number of para-hydroxylation sites is 1. The summed E-state index contributed by atoms with van der Waals surface area (Å²) in [6, 6.07) is 5.79. The van der Waals surface area contributed by atoms with Crippen LogP contribution < -0.4 is 4.72 Å². The summed E-state index contributed by atoms with van der Waals surface area (Å²) in [5.74, 6) is 4.97. The van der Waals surface area contributed by atoms with Gasteiger partial charge in [-0.25, -0.2) is 13.1 Å². The van der Waals surface area contributed by atoms with Crippen molar-refractivity contribution in [2.75, 3.05) is 6.54 Å². The molecule has 0 aliphatic heterocycles. The molecule has 0 atom stereocenters. The molecule has 1 N–H and O–H groups in total. The Morgan fingerprint density at radius 2 is 2.05 bits per heavy atom. The molecule has 0 unspecified atom stereocenters. The SMILES string of the molecule is CC#CCCNS(=O)(=O)Cc1ccccc1[N+](=O)[O-]. The zero-order chi connectivity index (χ0) is 14.3. The maximum absolute atomic E-state index is 11.8. The number of rotatable bonds is 6. The monoisotopic (exact) mass is 282 g/mol. The third-order valence-electron chi connectivity index (χ3n) is 2.28. The molecular weight excluding hydrogens is 268 g/mol. The molecule has 19 heavy (non-hydrogen) atoms. The zero-order valence-corrected chi connectivity index (χ0v) is 11.2. The first-order chi connectivity index (χ1) is 8.96. The molecule has 0 heterocycles. The van der Waals surface area contributed by atoms with Crippen molar-refractivity contribution in [1.29, 1.82) is 0 Å². The number of nitrogens with zero attached hydrogens (tertiary/aromatic N) is 1. The number of sulfonamides is 1. The van der Waals surface area contributed by atoms with Crippen molar-refractivity contribution < 1.29 is 13.3 Å². The second kappa shape index (κ2) is 6.87. The molecular formula is C12H14N2O4S. The van der Waals surface area contributed by atoms with Gasteiger partial charge in [0.25, 0.3) is 5.69 Å². The fourth-order valence-corrected chi connectivity index (χ4v) is 2.63. The highest BCUT2D eigenvalue weighted by atomic mass is 32.2. The summed E-state index contributed by atoms with van der Waals surface area (Å²) in [7, 11) is -3.59. The Hall–Kier alpha value is -1.91. The normalized spacial score (nSPS) is 10.6. The Morgan fingerprint density at radius 3 is 2.68 bits per heavy atom. The van der Waals surface area contributed by atoms with Gasteiger partial charge in [-0.2, -0.15) is 0 Å². The van der Waals surface area contributed by atoms with Crippen LogP contribution in [0.3, 0.4) is 0 Å². The molecule has 1 aromatic rings. The molecule has 0 aromatic heterocycles. The Balaban J connectivity index is 2.77. The van der Waals surface area contributed by atoms with Gasteiger partial charge in [-0.05, 0) is 6.92 Å². The van der Waals surface area contributed by atoms with Gasteiger partial charge in [-0.3, -0.25) is 10.1 Å². The van der Waals surface area contributed by atoms with Crippen molar-refractivity contribution in [3.8, 4) is 11.8 Å². The van der Waals surface area contributed by atoms with E-state index in [4.69, 9.17) is 0 Å². The molecule has 6 nitrogen and oxygen atoms in total. The zero-order valence-electron chi connectivity index (χ0n) is 10.4. The minimum Gasteiger partial charge on any atom is -0.258 e. The van der Waals surface area contributed by atoms with E-state index in [2.05, 4.69) is 16.6 Å². The van der Waals surface area contributed by atoms with Gasteiger partial charge in [0.1, 0.15) is 0 Å². The quantitative estimate of drug-likeness (QED) is 0.370. The van der Waals surface area contributed by atoms with E-state index >= 15 is 0 Å². The molecule has 102 valence electrons. The highest BCUT2D eigenvalue weighted by molar-refractivity contribution is 7.88. The first-order valence-corrected chi connectivity index (χ1v) is 7.21. The van der Waals surface area contributed by atoms with Crippen LogP contribution in [-0.4, -0.2) is 19.9 Å². The third kappa shape index (κ3) is 5.07. The summed E-state index contributed by atoms with van der Waals surface area (Å²) >= 11 is 0. The molecule has 0 radical (unpaired) electrons. The predicted octanol–water partition coefficient (Wildman–Crippen LogP) is 1.43. The molecule has 0 spiro atoms. The predicted molar refractivity (Wildman–Crippen MR) is 71.8 cm³/mol. The van der Waals surface area contributed by atoms with Gasteiger partial charge in [-0.15, -0.1) is 11.8 Å². The van der Waals surface area contributed by atoms with Gasteiger partial charge in [0, 0.05) is 24.6 Å². The molecule has 0 fully saturated rings. The van der Waals surface area contributed by atoms with Crippen molar-refractivity contribution in [2.24, 2.45) is 0 Å². The molecule has 1 aromatic carbocycles. The lowest BCUT2D eigenvalue weighted by Gasteiger charge is -2.05. The van der Waals surface area contributed by atoms with Crippen molar-refractivity contribution >= 4 is 15.7 Å². The van der Waals surface area contributed by atoms with Gasteiger partial charge in [-0.1, -0.05) is 18.2 Å². The van der Waals surface area contributed by atoms with Crippen LogP contribution in [0, 0.1) is 22.0 Å². The van der Waals surface area contributed by atoms with Crippen molar-refractivity contribution in [3.63, 3.8) is 0 Å². The van der Waals surface area contributed by atoms with E-state index in [1.54, 1.807) is 13.0 Å². The fraction of sp³-hybridized carbons (Fsp3) is 0.333. The number of nitro benzene ring substituents is 1. The Morgan fingerprint density at radius 1 is 1.37 bits per heavy atom. The lowest BCUT2D eigenvalue weighted by Crippen LogP contribution is -2.26. The second-order valence-electron chi connectivity index (χ2n) is 3.72. The number of benzene rings is 1. The fourth-order valence-electron chi connectivity index (χ4n) is 1.46. The summed E-state index contributed by atoms with van der Waals surface area (Å²) in [5, 5.41) is 10.8. The van der Waals surface area contributed by atoms with E-state index in [9.17, 15) is 18.5 Å². The molecule has 1 rings (SSSR count). The third-order valence-corrected chi connectivity index (χ3v) is 3.62. The second-order valence-corrected chi connectivity index (χ2v) is 5.52. The van der Waals surface area contributed by atoms with E-state index < -0.39 is 20.7 Å². The van der Waals surface area contributed by atoms with Crippen molar-refractivity contribution in [2.45, 2.75) is 19.1 Å². The van der Waals surface area contributed by atoms with Crippen LogP contribution in [0.5, 0.6) is 0 Å². The minimum absolute atomic E-state index is 0.168. The highest BCUT2D eigenvalue weighted by Crippen LogP contribution is 2.19. The number of nitrogens with one attached hydrogen (secondary N) is 1. The Labute approximate surface area is 112 Å². The van der Waals surface area contributed by atoms with Crippen LogP contribution in [0.4, 0.5) is 5.69 Å². The summed E-state index contributed by atoms with van der Waals surface area (Å²) in [6.07, 6.45) is 0.409. The van der Waals surface area contributed by atoms with Crippen LogP contribution in [0.1, 0.15) is 18.9 Å². The Kier molecular flexibility index (Phi) is 5.48. The maximum Gasteiger partial charge on any atom is 0.273 e. The van der Waals surface area contributed by atoms with Crippen LogP contribution in [0.25, 0.3) is 0 Å². The minimum atomic E-state index is -3.59. The van der Waals surface area contributed by atoms with Gasteiger partial charge < -0.3 is 0 Å². The van der Waals surface area contributed by atoms with Gasteiger partial charge in [0.2, 0.25) is 10.0 Å².